The zero-order valence-electron chi connectivity index (χ0n) is 27.9. The molecule has 254 valence electrons. The molecular formula is C33H54N4O7S. The third-order valence-electron chi connectivity index (χ3n) is 9.39. The van der Waals surface area contributed by atoms with Gasteiger partial charge in [-0.25, -0.2) is 8.42 Å². The van der Waals surface area contributed by atoms with Crippen LogP contribution in [0.15, 0.2) is 30.3 Å². The van der Waals surface area contributed by atoms with Crippen molar-refractivity contribution in [1.29, 1.82) is 0 Å². The van der Waals surface area contributed by atoms with E-state index in [0.717, 1.165) is 37.5 Å². The van der Waals surface area contributed by atoms with Crippen molar-refractivity contribution in [2.24, 2.45) is 11.8 Å². The van der Waals surface area contributed by atoms with Crippen molar-refractivity contribution in [3.8, 4) is 0 Å². The van der Waals surface area contributed by atoms with E-state index in [-0.39, 0.29) is 18.9 Å². The van der Waals surface area contributed by atoms with Crippen molar-refractivity contribution >= 4 is 27.6 Å². The minimum Gasteiger partial charge on any atom is -0.390 e. The summed E-state index contributed by atoms with van der Waals surface area (Å²) in [7, 11) is -3.87. The monoisotopic (exact) mass is 650 g/mol. The molecule has 7 atom stereocenters. The number of amides is 3. The number of nitrogens with one attached hydrogen (secondary N) is 3. The van der Waals surface area contributed by atoms with Gasteiger partial charge in [-0.1, -0.05) is 49.6 Å². The maximum Gasteiger partial charge on any atom is 0.249 e. The lowest BCUT2D eigenvalue weighted by atomic mass is 9.72. The minimum absolute atomic E-state index is 0.0850. The average molecular weight is 651 g/mol. The van der Waals surface area contributed by atoms with Crippen LogP contribution in [0.5, 0.6) is 0 Å². The van der Waals surface area contributed by atoms with Crippen LogP contribution in [0.25, 0.3) is 0 Å². The molecule has 5 N–H and O–H groups in total. The van der Waals surface area contributed by atoms with Crippen molar-refractivity contribution in [2.45, 2.75) is 121 Å². The lowest BCUT2D eigenvalue weighted by Crippen LogP contribution is -2.64. The molecule has 1 saturated carbocycles. The van der Waals surface area contributed by atoms with Gasteiger partial charge in [-0.05, 0) is 78.2 Å². The molecule has 1 aliphatic heterocycles. The Morgan fingerprint density at radius 1 is 0.956 bits per heavy atom. The molecule has 3 rings (SSSR count). The number of fused-ring (bicyclic) bond motifs is 1. The Morgan fingerprint density at radius 2 is 1.56 bits per heavy atom. The molecule has 3 amide bonds. The summed E-state index contributed by atoms with van der Waals surface area (Å²) in [6.45, 7) is 10.5. The summed E-state index contributed by atoms with van der Waals surface area (Å²) in [6.07, 6.45) is 3.75. The fourth-order valence-corrected chi connectivity index (χ4v) is 7.04. The van der Waals surface area contributed by atoms with Crippen LogP contribution in [0, 0.1) is 11.8 Å². The lowest BCUT2D eigenvalue weighted by molar-refractivity contribution is -0.135. The Balaban J connectivity index is 1.92. The molecule has 1 aliphatic carbocycles. The van der Waals surface area contributed by atoms with Gasteiger partial charge in [0.15, 0.2) is 9.84 Å². The first-order valence-electron chi connectivity index (χ1n) is 16.1. The van der Waals surface area contributed by atoms with Gasteiger partial charge in [0.05, 0.1) is 22.9 Å². The van der Waals surface area contributed by atoms with Gasteiger partial charge < -0.3 is 26.2 Å². The summed E-state index contributed by atoms with van der Waals surface area (Å²) >= 11 is 0. The smallest absolute Gasteiger partial charge is 0.249 e. The average Bonchev–Trinajstić information content (AvgIpc) is 2.93. The van der Waals surface area contributed by atoms with Gasteiger partial charge in [0.2, 0.25) is 17.7 Å². The molecule has 0 bridgehead atoms. The Hall–Kier alpha value is -2.54. The summed E-state index contributed by atoms with van der Waals surface area (Å²) in [5.41, 5.74) is 0.411. The van der Waals surface area contributed by atoms with Gasteiger partial charge in [0.25, 0.3) is 0 Å². The zero-order chi connectivity index (χ0) is 33.7. The van der Waals surface area contributed by atoms with Gasteiger partial charge in [-0.3, -0.25) is 19.3 Å². The van der Waals surface area contributed by atoms with Crippen molar-refractivity contribution in [2.75, 3.05) is 19.3 Å². The third kappa shape index (κ3) is 9.97. The Morgan fingerprint density at radius 3 is 2.11 bits per heavy atom. The van der Waals surface area contributed by atoms with Crippen LogP contribution in [0.1, 0.15) is 79.2 Å². The number of hydrogen-bond acceptors (Lipinski definition) is 8. The number of aliphatic hydroxyl groups excluding tert-OH is 2. The normalized spacial score (nSPS) is 24.0. The van der Waals surface area contributed by atoms with E-state index in [1.807, 2.05) is 56.0 Å². The summed E-state index contributed by atoms with van der Waals surface area (Å²) in [4.78, 5) is 41.9. The van der Waals surface area contributed by atoms with E-state index in [1.54, 1.807) is 0 Å². The number of likely N-dealkylation sites (tertiary alicyclic amines) is 1. The first-order valence-corrected chi connectivity index (χ1v) is 18.0. The summed E-state index contributed by atoms with van der Waals surface area (Å²) in [5.74, 6) is -0.915. The number of aliphatic hydroxyl groups is 2. The number of hydrogen-bond donors (Lipinski definition) is 5. The van der Waals surface area contributed by atoms with Gasteiger partial charge in [-0.15, -0.1) is 0 Å². The highest BCUT2D eigenvalue weighted by Gasteiger charge is 2.46. The molecule has 0 aromatic heterocycles. The van der Waals surface area contributed by atoms with Crippen molar-refractivity contribution in [1.82, 2.24) is 20.9 Å². The number of nitrogens with zero attached hydrogens (tertiary/aromatic N) is 1. The van der Waals surface area contributed by atoms with E-state index >= 15 is 0 Å². The van der Waals surface area contributed by atoms with Crippen LogP contribution in [0.2, 0.25) is 0 Å². The molecule has 0 radical (unpaired) electrons. The number of carbonyl (C=O) groups is 3. The standard InChI is InChI=1S/C33H54N4O7S/c1-21(38)29(40)35-28(33(5,6)45(7,43)44)31(42)34-25(17-22-13-9-8-10-14-22)27(39)20-37-19-24-16-12-11-15-23(24)18-26(37)30(41)36-32(2,3)4/h8-10,13-14,21,23-28,38-39H,11-12,15-20H2,1-7H3,(H,34,42)(H,35,40)(H,36,41)/t21-,23+,24-,25?,26?,27?,28-/m1/s1. The van der Waals surface area contributed by atoms with Crippen LogP contribution in [-0.4, -0.2) is 101 Å². The fourth-order valence-electron chi connectivity index (χ4n) is 6.44. The van der Waals surface area contributed by atoms with Crippen LogP contribution >= 0.6 is 0 Å². The molecule has 1 aromatic rings. The second-order valence-corrected chi connectivity index (χ2v) is 17.2. The fraction of sp³-hybridized carbons (Fsp3) is 0.727. The highest BCUT2D eigenvalue weighted by atomic mass is 32.2. The van der Waals surface area contributed by atoms with Gasteiger partial charge in [-0.2, -0.15) is 0 Å². The van der Waals surface area contributed by atoms with E-state index in [4.69, 9.17) is 0 Å². The van der Waals surface area contributed by atoms with E-state index < -0.39 is 62.3 Å². The Bertz CT molecular complexity index is 1280. The minimum atomic E-state index is -3.87. The molecule has 1 aromatic carbocycles. The van der Waals surface area contributed by atoms with Crippen molar-refractivity contribution < 1.29 is 33.0 Å². The van der Waals surface area contributed by atoms with E-state index in [1.165, 1.54) is 20.8 Å². The molecular weight excluding hydrogens is 596 g/mol. The maximum absolute atomic E-state index is 13.8. The highest BCUT2D eigenvalue weighted by Crippen LogP contribution is 2.39. The van der Waals surface area contributed by atoms with E-state index in [0.29, 0.717) is 24.8 Å². The second-order valence-electron chi connectivity index (χ2n) is 14.6. The van der Waals surface area contributed by atoms with Crippen molar-refractivity contribution in [3.05, 3.63) is 35.9 Å². The predicted molar refractivity (Wildman–Crippen MR) is 174 cm³/mol. The third-order valence-corrected chi connectivity index (χ3v) is 11.5. The quantitative estimate of drug-likeness (QED) is 0.228. The van der Waals surface area contributed by atoms with Gasteiger partial charge >= 0.3 is 0 Å². The Labute approximate surface area is 268 Å². The number of piperidine rings is 1. The number of β-amino-alcohol motifs (C(OH)–C–C–N with tert-alkyl or cyclic N) is 1. The number of rotatable bonds is 12. The Kier molecular flexibility index (Phi) is 12.2. The molecule has 3 unspecified atom stereocenters. The zero-order valence-corrected chi connectivity index (χ0v) is 28.7. The largest absolute Gasteiger partial charge is 0.390 e. The SMILES string of the molecule is C[C@@H](O)C(=O)N[C@H](C(=O)NC(Cc1ccccc1)C(O)CN1C[C@H]2CCCC[C@H]2CC1C(=O)NC(C)(C)C)C(C)(C)S(C)(=O)=O. The van der Waals surface area contributed by atoms with Crippen LogP contribution in [-0.2, 0) is 30.6 Å². The number of sulfone groups is 1. The summed E-state index contributed by atoms with van der Waals surface area (Å²) < 4.78 is 23.8. The predicted octanol–water partition coefficient (Wildman–Crippen LogP) is 1.56. The first-order chi connectivity index (χ1) is 20.8. The molecule has 0 spiro atoms. The van der Waals surface area contributed by atoms with E-state index in [2.05, 4.69) is 16.0 Å². The number of carbonyl (C=O) groups excluding carboxylic acids is 3. The molecule has 1 saturated heterocycles. The molecule has 11 nitrogen and oxygen atoms in total. The molecule has 1 heterocycles. The molecule has 12 heteroatoms. The van der Waals surface area contributed by atoms with Gasteiger partial charge in [0, 0.05) is 24.9 Å². The van der Waals surface area contributed by atoms with E-state index in [9.17, 15) is 33.0 Å². The van der Waals surface area contributed by atoms with Crippen LogP contribution < -0.4 is 16.0 Å². The molecule has 45 heavy (non-hydrogen) atoms. The number of benzene rings is 1. The highest BCUT2D eigenvalue weighted by molar-refractivity contribution is 7.92. The molecule has 2 fully saturated rings. The first kappa shape index (κ1) is 36.9. The van der Waals surface area contributed by atoms with Crippen LogP contribution in [0.4, 0.5) is 0 Å². The lowest BCUT2D eigenvalue weighted by Gasteiger charge is -2.47. The van der Waals surface area contributed by atoms with Crippen molar-refractivity contribution in [3.63, 3.8) is 0 Å². The summed E-state index contributed by atoms with van der Waals surface area (Å²) in [5, 5.41) is 30.0. The van der Waals surface area contributed by atoms with Gasteiger partial charge in [0.1, 0.15) is 12.1 Å². The topological polar surface area (TPSA) is 165 Å². The van der Waals surface area contributed by atoms with Crippen LogP contribution in [0.3, 0.4) is 0 Å². The summed E-state index contributed by atoms with van der Waals surface area (Å²) in [6, 6.07) is 6.42. The molecule has 2 aliphatic rings. The second kappa shape index (κ2) is 14.9. The maximum atomic E-state index is 13.8.